The molecular weight excluding hydrogens is 2080 g/mol. The molecule has 146 heavy (non-hydrogen) atoms. The van der Waals surface area contributed by atoms with E-state index in [1.807, 2.05) is 0 Å². The molecule has 0 rings (SSSR count). The van der Waals surface area contributed by atoms with E-state index in [4.69, 9.17) is 43.4 Å². The average Bonchev–Trinajstić information content (AvgIpc) is 0.835. The second-order valence-corrected chi connectivity index (χ2v) is 32.3. The molecule has 19 atom stereocenters. The van der Waals surface area contributed by atoms with Gasteiger partial charge in [-0.2, -0.15) is 0 Å². The van der Waals surface area contributed by atoms with Gasteiger partial charge in [-0.3, -0.25) is 28.8 Å². The van der Waals surface area contributed by atoms with Gasteiger partial charge in [-0.1, -0.05) is 88.3 Å². The number of esters is 6. The molecule has 19 unspecified atom stereocenters. The third kappa shape index (κ3) is 84.7. The number of rotatable bonds is 70. The van der Waals surface area contributed by atoms with Crippen LogP contribution < -0.4 is 451 Å². The van der Waals surface area contributed by atoms with Crippen molar-refractivity contribution in [2.24, 2.45) is 117 Å². The summed E-state index contributed by atoms with van der Waals surface area (Å²) in [6.07, 6.45) is -10.8. The Morgan fingerprint density at radius 2 is 0.445 bits per heavy atom. The van der Waals surface area contributed by atoms with Crippen LogP contribution in [0.15, 0.2) is 63.3 Å². The van der Waals surface area contributed by atoms with E-state index in [0.717, 1.165) is 71.9 Å². The van der Waals surface area contributed by atoms with Crippen molar-refractivity contribution in [3.05, 3.63) is 63.3 Å². The normalized spacial score (nSPS) is 14.0. The quantitative estimate of drug-likeness (QED) is 0.0190. The molecule has 0 fully saturated rings. The molecule has 750 valence electrons. The van der Waals surface area contributed by atoms with Crippen LogP contribution in [0.2, 0.25) is 0 Å². The maximum absolute atomic E-state index is 14.7. The second kappa shape index (κ2) is 101. The Morgan fingerprint density at radius 3 is 0.664 bits per heavy atom. The van der Waals surface area contributed by atoms with Crippen LogP contribution in [0.4, 0.5) is 0 Å². The zero-order chi connectivity index (χ0) is 104. The first-order valence-corrected chi connectivity index (χ1v) is 41.3. The number of carboxylic acid groups (broad SMARTS) is 17. The minimum atomic E-state index is -2.23. The van der Waals surface area contributed by atoms with E-state index in [-0.39, 0.29) is 404 Å². The molecule has 0 bridgehead atoms. The maximum Gasteiger partial charge on any atom is 1.00 e. The van der Waals surface area contributed by atoms with Crippen LogP contribution in [-0.2, 0) is 139 Å². The molecule has 0 amide bonds. The Kier molecular flexibility index (Phi) is 128. The minimum absolute atomic E-state index is 0. The van der Waals surface area contributed by atoms with Crippen molar-refractivity contribution in [2.75, 3.05) is 39.6 Å². The summed E-state index contributed by atoms with van der Waals surface area (Å²) in [6.45, 7) is 21.1. The molecule has 0 aromatic heterocycles. The van der Waals surface area contributed by atoms with Crippen molar-refractivity contribution in [3.8, 4) is 0 Å². The molecule has 59 heteroatoms. The van der Waals surface area contributed by atoms with Gasteiger partial charge in [-0.15, -0.1) is 0 Å². The number of carboxylic acids is 17. The summed E-state index contributed by atoms with van der Waals surface area (Å²) in [5, 5.41) is 192. The van der Waals surface area contributed by atoms with Gasteiger partial charge in [-0.25, -0.2) is 19.2 Å². The molecule has 0 aromatic rings. The summed E-state index contributed by atoms with van der Waals surface area (Å²) in [5.41, 5.74) is -3.07. The van der Waals surface area contributed by atoms with Crippen molar-refractivity contribution in [3.63, 3.8) is 0 Å². The zero-order valence-corrected chi connectivity index (χ0v) is 114. The fourth-order valence-corrected chi connectivity index (χ4v) is 13.0. The molecule has 0 aromatic carbocycles. The van der Waals surface area contributed by atoms with Crippen molar-refractivity contribution in [1.29, 1.82) is 0 Å². The predicted octanol–water partition coefficient (Wildman–Crippen LogP) is -48.7. The number of carbonyl (C=O) groups is 23. The van der Waals surface area contributed by atoms with E-state index in [1.54, 1.807) is 6.92 Å². The molecule has 0 saturated carbocycles. The number of hydrogen-bond donors (Lipinski definition) is 4. The number of aliphatic carboxylic acids is 17. The molecule has 4 N–H and O–H groups in total. The monoisotopic (exact) mass is 2190 g/mol. The smallest absolute Gasteiger partial charge is 0.550 e. The first-order valence-electron chi connectivity index (χ1n) is 41.3. The summed E-state index contributed by atoms with van der Waals surface area (Å²) >= 11 is 0. The fourth-order valence-electron chi connectivity index (χ4n) is 13.0. The minimum Gasteiger partial charge on any atom is -0.550 e. The third-order valence-corrected chi connectivity index (χ3v) is 21.7. The Balaban J connectivity index is -0.000000216. The molecule has 0 radical (unpaired) electrons. The van der Waals surface area contributed by atoms with Gasteiger partial charge in [0.2, 0.25) is 0 Å². The van der Waals surface area contributed by atoms with Gasteiger partial charge in [0, 0.05) is 102 Å². The van der Waals surface area contributed by atoms with Gasteiger partial charge in [0.25, 0.3) is 0 Å². The van der Waals surface area contributed by atoms with Gasteiger partial charge in [0.15, 0.2) is 0 Å². The number of carbonyl (C=O) groups excluding carboxylic acids is 19. The van der Waals surface area contributed by atoms with Gasteiger partial charge in [0.05, 0.1) is 46.4 Å². The van der Waals surface area contributed by atoms with Crippen LogP contribution in [0, 0.1) is 117 Å². The zero-order valence-electron chi connectivity index (χ0n) is 87.6. The van der Waals surface area contributed by atoms with Crippen molar-refractivity contribution >= 4 is 137 Å². The Hall–Kier alpha value is -0.490. The maximum atomic E-state index is 14.7. The number of hydrogen-bond acceptors (Lipinski definition) is 42. The molecule has 0 aliphatic rings. The fraction of sp³-hybridized carbons (Fsp3) is 0.621. The third-order valence-electron chi connectivity index (χ3n) is 21.7. The van der Waals surface area contributed by atoms with Crippen LogP contribution >= 0.6 is 0 Å². The summed E-state index contributed by atoms with van der Waals surface area (Å²) in [6, 6.07) is 0. The van der Waals surface area contributed by atoms with E-state index < -0.39 is 396 Å². The van der Waals surface area contributed by atoms with Crippen LogP contribution in [0.25, 0.3) is 0 Å². The molecule has 0 aliphatic carbocycles. The van der Waals surface area contributed by atoms with Crippen molar-refractivity contribution in [2.45, 2.75) is 184 Å². The summed E-state index contributed by atoms with van der Waals surface area (Å²) in [5.74, 6) is -67.6. The first-order chi connectivity index (χ1) is 61.6. The molecule has 0 heterocycles. The summed E-state index contributed by atoms with van der Waals surface area (Å²) < 4.78 is 32.0. The SMILES string of the molecule is C=CC(=O)O.C=CC(=O)OCC(CC)(COC(=O)C=C)COC(=O)C=C.C=CC(=O)[O-].CCC(COC(=O)CC(CC(CC(C)C(=O)[O-])C(=O)[O-])CC(CC(C)C(=O)O)C(=O)[O-])(COC(=O)C(CCC(CC(CC(C)C(=O)[O-])C(=O)O)C(=O)[O-])CC(CC(CC(C)C(=O)[O-])C(=O)[O-])C(=O)[O-])COC(=O)C(CCC(CC(C)C(=O)[O-])C(=O)O)CC(CC(CC(C)C(=O)[O-])C(=O)[O-])C(=O)[O-].[Na+].[Na+].[Na+].[Na+].[Na+].[Na+].[Na+].[Na+].[Na+].[Na+].[Na+].[Na+].[Na+]. The van der Waals surface area contributed by atoms with Crippen LogP contribution in [0.3, 0.4) is 0 Å². The largest absolute Gasteiger partial charge is 1.00 e. The van der Waals surface area contributed by atoms with Crippen LogP contribution in [-0.4, -0.2) is 197 Å². The Bertz CT molecular complexity index is 3960. The Morgan fingerprint density at radius 1 is 0.247 bits per heavy atom. The van der Waals surface area contributed by atoms with E-state index >= 15 is 0 Å². The van der Waals surface area contributed by atoms with E-state index in [2.05, 4.69) is 32.9 Å². The Labute approximate surface area is 1130 Å². The molecular formula is C87H113Na13O46. The summed E-state index contributed by atoms with van der Waals surface area (Å²) in [7, 11) is 0. The van der Waals surface area contributed by atoms with E-state index in [9.17, 15) is 182 Å². The topological polar surface area (TPSA) is 829 Å². The molecule has 46 nitrogen and oxygen atoms in total. The van der Waals surface area contributed by atoms with Gasteiger partial charge in [-0.05, 0) is 205 Å². The van der Waals surface area contributed by atoms with Crippen LogP contribution in [0.1, 0.15) is 184 Å². The van der Waals surface area contributed by atoms with Crippen LogP contribution in [0.5, 0.6) is 0 Å². The first kappa shape index (κ1) is 184. The van der Waals surface area contributed by atoms with Crippen molar-refractivity contribution < 1.29 is 610 Å². The molecule has 0 aliphatic heterocycles. The van der Waals surface area contributed by atoms with Gasteiger partial charge < -0.3 is 178 Å². The van der Waals surface area contributed by atoms with E-state index in [1.165, 1.54) is 6.92 Å². The summed E-state index contributed by atoms with van der Waals surface area (Å²) in [4.78, 5) is 278. The van der Waals surface area contributed by atoms with Crippen molar-refractivity contribution in [1.82, 2.24) is 0 Å². The van der Waals surface area contributed by atoms with Gasteiger partial charge >= 0.3 is 444 Å². The predicted molar refractivity (Wildman–Crippen MR) is 418 cm³/mol. The number of ether oxygens (including phenoxy) is 6. The second-order valence-electron chi connectivity index (χ2n) is 32.3. The van der Waals surface area contributed by atoms with Gasteiger partial charge in [0.1, 0.15) is 39.6 Å². The molecule has 0 spiro atoms. The average molecular weight is 2190 g/mol. The van der Waals surface area contributed by atoms with E-state index in [0.29, 0.717) is 6.42 Å². The molecule has 0 saturated heterocycles. The standard InChI is InChI=1S/C66H98O36.C15H20O6.2C3H4O2.13Na/c1-8-66(27-100-48(67)21-36(19-41(57(84)85)14-31(3)50(70)71)20-42(58(86)87)15-32(4)51(72)73,28-101-64(98)39(11-9-37(55(80)81)13-30(2)49(68)69)23-46(62(94)95)25-44(60(90)91)17-34(6)53(76)77)29-102-65(99)40(24-47(63(96)97)26-45(61(92)93)18-35(7)54(78)79)12-10-38(56(82)83)22-43(59(88)89)16-33(5)52(74)75;1-5-12(16)19-9-15(8-4,10-20-13(17)6-2)11-21-14(18)7-3;2*1-2-3(4)5;;;;;;;;;;;;;/h30-47H,8-29H2,1-7H3,(H,68,69)(H,70,71)(H,72,73)(H,74,75)(H,76,77)(H,78,79)(H,80,81)(H,82,83)(H,84,85)(H,86,87)(H,88,89)(H,90,91)(H,92,93)(H,94,95)(H,96,97);5-7H,1-3,8-11H2,4H3;2*2H,1H2,(H,4,5);;;;;;;;;;;;;/q;;;;13*+1/p-13.